The summed E-state index contributed by atoms with van der Waals surface area (Å²) in [6.07, 6.45) is 8.88. The Morgan fingerprint density at radius 1 is 0.980 bits per heavy atom. The van der Waals surface area contributed by atoms with Crippen molar-refractivity contribution in [3.63, 3.8) is 0 Å². The second kappa shape index (κ2) is 17.3. The molecule has 4 rings (SSSR count). The third kappa shape index (κ3) is 10.3. The number of aromatic nitrogens is 2. The highest BCUT2D eigenvalue weighted by Crippen LogP contribution is 2.38. The van der Waals surface area contributed by atoms with Crippen LogP contribution in [0, 0.1) is 17.3 Å². The van der Waals surface area contributed by atoms with Gasteiger partial charge in [0, 0.05) is 44.6 Å². The van der Waals surface area contributed by atoms with Gasteiger partial charge in [-0.05, 0) is 47.1 Å². The van der Waals surface area contributed by atoms with E-state index in [0.29, 0.717) is 12.8 Å². The molecule has 264 valence electrons. The maximum absolute atomic E-state index is 14.3. The molecule has 49 heavy (non-hydrogen) atoms. The van der Waals surface area contributed by atoms with Crippen molar-refractivity contribution in [3.05, 3.63) is 60.6 Å². The number of unbranched alkanes of at least 4 members (excludes halogenated alkanes) is 5. The predicted molar refractivity (Wildman–Crippen MR) is 190 cm³/mol. The molecule has 4 amide bonds. The largest absolute Gasteiger partial charge is 0.391 e. The number of carbonyl (C=O) groups is 4. The van der Waals surface area contributed by atoms with Crippen molar-refractivity contribution in [2.24, 2.45) is 23.0 Å². The Hall–Kier alpha value is -4.38. The SMILES string of the molecule is CNC(=O)C(CCCCCCCCC(N)=O)[C@H](C(=O)N1C[C@H](O)C[C@H]1C(=O)NCc1ccc(-c2ccc3ncncc3c2)cc1)C(C)(C)C. The summed E-state index contributed by atoms with van der Waals surface area (Å²) in [7, 11) is 1.58. The minimum atomic E-state index is -0.836. The van der Waals surface area contributed by atoms with Gasteiger partial charge < -0.3 is 26.4 Å². The average molecular weight is 673 g/mol. The lowest BCUT2D eigenvalue weighted by atomic mass is 9.70. The van der Waals surface area contributed by atoms with Gasteiger partial charge in [-0.1, -0.05) is 83.2 Å². The van der Waals surface area contributed by atoms with Crippen molar-refractivity contribution in [2.45, 2.75) is 97.2 Å². The summed E-state index contributed by atoms with van der Waals surface area (Å²) in [5.74, 6) is -2.36. The lowest BCUT2D eigenvalue weighted by Crippen LogP contribution is -2.53. The fourth-order valence-corrected chi connectivity index (χ4v) is 6.92. The maximum atomic E-state index is 14.3. The first-order valence-electron chi connectivity index (χ1n) is 17.4. The summed E-state index contributed by atoms with van der Waals surface area (Å²) < 4.78 is 0. The van der Waals surface area contributed by atoms with Crippen LogP contribution >= 0.6 is 0 Å². The second-order valence-electron chi connectivity index (χ2n) is 14.3. The van der Waals surface area contributed by atoms with Crippen molar-refractivity contribution >= 4 is 34.5 Å². The van der Waals surface area contributed by atoms with Gasteiger partial charge in [0.2, 0.25) is 23.6 Å². The number of rotatable bonds is 16. The average Bonchev–Trinajstić information content (AvgIpc) is 3.48. The van der Waals surface area contributed by atoms with Gasteiger partial charge in [0.1, 0.15) is 12.4 Å². The van der Waals surface area contributed by atoms with Crippen LogP contribution in [0.1, 0.15) is 84.1 Å². The van der Waals surface area contributed by atoms with E-state index >= 15 is 0 Å². The van der Waals surface area contributed by atoms with E-state index in [9.17, 15) is 24.3 Å². The number of β-amino-alcohol motifs (C(OH)–C–C–N with tert-alkyl or cyclic N) is 1. The van der Waals surface area contributed by atoms with Crippen LogP contribution in [0.4, 0.5) is 0 Å². The van der Waals surface area contributed by atoms with Gasteiger partial charge in [0.15, 0.2) is 0 Å². The van der Waals surface area contributed by atoms with Gasteiger partial charge in [0.05, 0.1) is 23.5 Å². The monoisotopic (exact) mass is 672 g/mol. The summed E-state index contributed by atoms with van der Waals surface area (Å²) >= 11 is 0. The fourth-order valence-electron chi connectivity index (χ4n) is 6.92. The molecule has 11 heteroatoms. The quantitative estimate of drug-likeness (QED) is 0.163. The molecule has 11 nitrogen and oxygen atoms in total. The molecule has 2 heterocycles. The number of nitrogens with two attached hydrogens (primary N) is 1. The van der Waals surface area contributed by atoms with Gasteiger partial charge >= 0.3 is 0 Å². The van der Waals surface area contributed by atoms with E-state index in [1.807, 2.05) is 63.2 Å². The van der Waals surface area contributed by atoms with E-state index < -0.39 is 29.4 Å². The maximum Gasteiger partial charge on any atom is 0.243 e. The fraction of sp³-hybridized carbons (Fsp3) is 0.526. The number of hydrogen-bond acceptors (Lipinski definition) is 7. The number of hydrogen-bond donors (Lipinski definition) is 4. The van der Waals surface area contributed by atoms with Crippen molar-refractivity contribution < 1.29 is 24.3 Å². The number of primary amides is 1. The Morgan fingerprint density at radius 2 is 1.65 bits per heavy atom. The Kier molecular flexibility index (Phi) is 13.2. The molecular weight excluding hydrogens is 620 g/mol. The van der Waals surface area contributed by atoms with E-state index in [1.165, 1.54) is 11.2 Å². The van der Waals surface area contributed by atoms with Crippen molar-refractivity contribution in [2.75, 3.05) is 13.6 Å². The minimum Gasteiger partial charge on any atom is -0.391 e. The Bertz CT molecular complexity index is 1590. The highest BCUT2D eigenvalue weighted by Gasteiger charge is 2.47. The lowest BCUT2D eigenvalue weighted by Gasteiger charge is -2.39. The molecule has 2 aromatic carbocycles. The number of fused-ring (bicyclic) bond motifs is 1. The zero-order valence-electron chi connectivity index (χ0n) is 29.3. The summed E-state index contributed by atoms with van der Waals surface area (Å²) in [5, 5.41) is 17.3. The third-order valence-electron chi connectivity index (χ3n) is 9.50. The van der Waals surface area contributed by atoms with Crippen LogP contribution in [-0.2, 0) is 25.7 Å². The number of benzene rings is 2. The topological polar surface area (TPSA) is 168 Å². The molecule has 0 bridgehead atoms. The van der Waals surface area contributed by atoms with E-state index in [4.69, 9.17) is 5.73 Å². The molecule has 0 spiro atoms. The van der Waals surface area contributed by atoms with E-state index in [0.717, 1.165) is 66.1 Å². The molecule has 0 radical (unpaired) electrons. The number of nitrogens with zero attached hydrogens (tertiary/aromatic N) is 3. The van der Waals surface area contributed by atoms with Crippen molar-refractivity contribution in [3.8, 4) is 11.1 Å². The highest BCUT2D eigenvalue weighted by molar-refractivity contribution is 5.92. The molecule has 5 N–H and O–H groups in total. The zero-order chi connectivity index (χ0) is 35.6. The molecule has 0 aliphatic carbocycles. The van der Waals surface area contributed by atoms with Crippen LogP contribution in [0.3, 0.4) is 0 Å². The first-order valence-corrected chi connectivity index (χ1v) is 17.4. The van der Waals surface area contributed by atoms with Crippen molar-refractivity contribution in [1.82, 2.24) is 25.5 Å². The van der Waals surface area contributed by atoms with E-state index in [1.54, 1.807) is 13.2 Å². The number of aliphatic hydroxyl groups is 1. The molecule has 0 saturated carbocycles. The van der Waals surface area contributed by atoms with Crippen LogP contribution in [-0.4, -0.2) is 69.3 Å². The summed E-state index contributed by atoms with van der Waals surface area (Å²) in [5.41, 5.74) is 8.49. The molecule has 1 aliphatic heterocycles. The van der Waals surface area contributed by atoms with E-state index in [-0.39, 0.29) is 43.1 Å². The Labute approximate surface area is 289 Å². The normalized spacial score (nSPS) is 17.4. The smallest absolute Gasteiger partial charge is 0.243 e. The highest BCUT2D eigenvalue weighted by atomic mass is 16.3. The third-order valence-corrected chi connectivity index (χ3v) is 9.50. The molecule has 1 aliphatic rings. The van der Waals surface area contributed by atoms with Gasteiger partial charge in [-0.25, -0.2) is 9.97 Å². The molecule has 1 saturated heterocycles. The standard InChI is InChI=1S/C38H52N6O5/c1-38(2,3)34(30(35(47)40-4)11-9-7-5-6-8-10-12-33(39)46)37(49)44-23-29(45)20-32(44)36(48)42-21-25-13-15-26(16-14-25)27-17-18-31-28(19-27)22-41-24-43-31/h13-19,22,24,29-30,32,34,45H,5-12,20-21,23H2,1-4H3,(H2,39,46)(H,40,47)(H,42,48)/t29-,30?,32+,34-/m1/s1. The first-order chi connectivity index (χ1) is 23.4. The van der Waals surface area contributed by atoms with Crippen LogP contribution in [0.15, 0.2) is 55.0 Å². The second-order valence-corrected chi connectivity index (χ2v) is 14.3. The Morgan fingerprint density at radius 3 is 2.33 bits per heavy atom. The van der Waals surface area contributed by atoms with E-state index in [2.05, 4.69) is 20.6 Å². The summed E-state index contributed by atoms with van der Waals surface area (Å²) in [4.78, 5) is 61.9. The van der Waals surface area contributed by atoms with Crippen LogP contribution in [0.25, 0.3) is 22.0 Å². The van der Waals surface area contributed by atoms with Gasteiger partial charge in [-0.3, -0.25) is 19.2 Å². The van der Waals surface area contributed by atoms with Gasteiger partial charge in [0.25, 0.3) is 0 Å². The first kappa shape index (κ1) is 37.4. The number of nitrogens with one attached hydrogen (secondary N) is 2. The molecule has 3 aromatic rings. The van der Waals surface area contributed by atoms with Crippen LogP contribution in [0.5, 0.6) is 0 Å². The predicted octanol–water partition coefficient (Wildman–Crippen LogP) is 4.51. The summed E-state index contributed by atoms with van der Waals surface area (Å²) in [6.45, 7) is 6.15. The molecule has 1 fully saturated rings. The van der Waals surface area contributed by atoms with Gasteiger partial charge in [-0.15, -0.1) is 0 Å². The van der Waals surface area contributed by atoms with Gasteiger partial charge in [-0.2, -0.15) is 0 Å². The molecule has 1 aromatic heterocycles. The lowest BCUT2D eigenvalue weighted by molar-refractivity contribution is -0.150. The van der Waals surface area contributed by atoms with Crippen LogP contribution in [0.2, 0.25) is 0 Å². The summed E-state index contributed by atoms with van der Waals surface area (Å²) in [6, 6.07) is 13.1. The molecular formula is C38H52N6O5. The molecule has 4 atom stereocenters. The Balaban J connectivity index is 1.39. The number of carbonyl (C=O) groups excluding carboxylic acids is 4. The number of likely N-dealkylation sites (tertiary alicyclic amines) is 1. The van der Waals surface area contributed by atoms with Crippen molar-refractivity contribution in [1.29, 1.82) is 0 Å². The number of aliphatic hydroxyl groups excluding tert-OH is 1. The minimum absolute atomic E-state index is 0.0424. The number of amides is 4. The van der Waals surface area contributed by atoms with Crippen LogP contribution < -0.4 is 16.4 Å². The zero-order valence-corrected chi connectivity index (χ0v) is 29.3. The molecule has 1 unspecified atom stereocenters.